The molecule has 13 atom stereocenters. The smallest absolute Gasteiger partial charge is 0.302 e. The van der Waals surface area contributed by atoms with Gasteiger partial charge in [0.25, 0.3) is 0 Å². The van der Waals surface area contributed by atoms with Crippen LogP contribution in [0.15, 0.2) is 0 Å². The zero-order valence-electron chi connectivity index (χ0n) is 24.0. The maximum absolute atomic E-state index is 11.7. The molecular formula is C31H50Br4O2. The minimum Gasteiger partial charge on any atom is -0.463 e. The molecule has 4 fully saturated rings. The first-order chi connectivity index (χ1) is 17.2. The Labute approximate surface area is 260 Å². The molecule has 0 amide bonds. The summed E-state index contributed by atoms with van der Waals surface area (Å²) in [4.78, 5) is 13.2. The van der Waals surface area contributed by atoms with Gasteiger partial charge in [-0.1, -0.05) is 112 Å². The number of esters is 1. The van der Waals surface area contributed by atoms with Crippen molar-refractivity contribution < 1.29 is 9.53 Å². The molecule has 37 heavy (non-hydrogen) atoms. The summed E-state index contributed by atoms with van der Waals surface area (Å²) in [6.07, 6.45) is 11.1. The van der Waals surface area contributed by atoms with Crippen molar-refractivity contribution in [2.45, 2.75) is 131 Å². The second-order valence-corrected chi connectivity index (χ2v) is 18.8. The zero-order chi connectivity index (χ0) is 27.5. The van der Waals surface area contributed by atoms with Gasteiger partial charge < -0.3 is 4.74 Å². The van der Waals surface area contributed by atoms with E-state index in [0.29, 0.717) is 37.7 Å². The molecule has 4 saturated carbocycles. The van der Waals surface area contributed by atoms with E-state index in [-0.39, 0.29) is 21.8 Å². The molecule has 0 radical (unpaired) electrons. The van der Waals surface area contributed by atoms with Crippen molar-refractivity contribution in [3.8, 4) is 0 Å². The standard InChI is InChI=1S/C31H50Br4O2/c1-8-21(17(2)3)28(34)27(33)18(4)23-9-10-24-22-15-26(32)31(35)16-20(37-19(5)36)11-14-30(31,7)25(22)12-13-29(23,24)6/h17-18,20-28H,8-16H2,1-7H3/t18-,20+,21-,22-,23+,24-,25-,26+,27-,28-,29-,30-,31+/m1/s1. The molecule has 0 saturated heterocycles. The van der Waals surface area contributed by atoms with Crippen molar-refractivity contribution in [3.05, 3.63) is 0 Å². The lowest BCUT2D eigenvalue weighted by Crippen LogP contribution is -2.64. The molecule has 4 rings (SSSR count). The van der Waals surface area contributed by atoms with Crippen LogP contribution in [-0.4, -0.2) is 30.9 Å². The molecule has 0 aromatic carbocycles. The number of rotatable bonds is 7. The van der Waals surface area contributed by atoms with E-state index in [1.165, 1.54) is 38.5 Å². The number of alkyl halides is 4. The summed E-state index contributed by atoms with van der Waals surface area (Å²) >= 11 is 16.9. The van der Waals surface area contributed by atoms with Crippen LogP contribution in [0.1, 0.15) is 106 Å². The molecule has 0 N–H and O–H groups in total. The van der Waals surface area contributed by atoms with E-state index in [9.17, 15) is 4.79 Å². The van der Waals surface area contributed by atoms with Crippen LogP contribution in [0.4, 0.5) is 0 Å². The number of hydrogen-bond acceptors (Lipinski definition) is 2. The fraction of sp³-hybridized carbons (Fsp3) is 0.968. The molecule has 214 valence electrons. The Bertz CT molecular complexity index is 836. The fourth-order valence-electron chi connectivity index (χ4n) is 10.2. The van der Waals surface area contributed by atoms with E-state index in [2.05, 4.69) is 105 Å². The molecule has 4 aliphatic rings. The zero-order valence-corrected chi connectivity index (χ0v) is 30.4. The van der Waals surface area contributed by atoms with Crippen molar-refractivity contribution in [2.75, 3.05) is 0 Å². The molecular weight excluding hydrogens is 724 g/mol. The van der Waals surface area contributed by atoms with E-state index in [4.69, 9.17) is 4.74 Å². The van der Waals surface area contributed by atoms with Gasteiger partial charge in [-0.05, 0) is 97.2 Å². The summed E-state index contributed by atoms with van der Waals surface area (Å²) in [5.74, 6) is 5.06. The van der Waals surface area contributed by atoms with Crippen LogP contribution < -0.4 is 0 Å². The van der Waals surface area contributed by atoms with Gasteiger partial charge in [0.2, 0.25) is 0 Å². The first-order valence-electron chi connectivity index (χ1n) is 15.0. The van der Waals surface area contributed by atoms with Gasteiger partial charge in [-0.15, -0.1) is 0 Å². The predicted octanol–water partition coefficient (Wildman–Crippen LogP) is 10.3. The van der Waals surface area contributed by atoms with Gasteiger partial charge in [0.15, 0.2) is 0 Å². The van der Waals surface area contributed by atoms with Crippen LogP contribution in [0.2, 0.25) is 0 Å². The monoisotopic (exact) mass is 770 g/mol. The number of halogens is 4. The second kappa shape index (κ2) is 11.6. The molecule has 0 unspecified atom stereocenters. The Hall–Kier alpha value is 1.39. The first-order valence-corrected chi connectivity index (χ1v) is 18.5. The number of carbonyl (C=O) groups is 1. The minimum atomic E-state index is -0.140. The van der Waals surface area contributed by atoms with Gasteiger partial charge >= 0.3 is 5.97 Å². The SMILES string of the molecule is CC[C@H](C(C)C)[C@@H](Br)[C@H](Br)[C@H](C)[C@@H]1CC[C@@H]2[C@H]3C[C@H](Br)[C@@]4(Br)C[C@@H](OC(C)=O)CC[C@]4(C)[C@@H]3CC[C@@]21C. The van der Waals surface area contributed by atoms with Gasteiger partial charge in [-0.3, -0.25) is 4.79 Å². The van der Waals surface area contributed by atoms with E-state index in [1.54, 1.807) is 6.92 Å². The Balaban J connectivity index is 1.54. The van der Waals surface area contributed by atoms with Crippen molar-refractivity contribution in [2.24, 2.45) is 52.3 Å². The number of ether oxygens (including phenoxy) is 1. The van der Waals surface area contributed by atoms with Crippen molar-refractivity contribution >= 4 is 69.7 Å². The average Bonchev–Trinajstić information content (AvgIpc) is 3.17. The molecule has 6 heteroatoms. The Morgan fingerprint density at radius 3 is 2.27 bits per heavy atom. The normalized spacial score (nSPS) is 46.8. The van der Waals surface area contributed by atoms with Crippen LogP contribution in [-0.2, 0) is 9.53 Å². The molecule has 0 bridgehead atoms. The lowest BCUT2D eigenvalue weighted by molar-refractivity contribution is -0.155. The number of fused-ring (bicyclic) bond motifs is 5. The quantitative estimate of drug-likeness (QED) is 0.190. The Morgan fingerprint density at radius 1 is 1.00 bits per heavy atom. The minimum absolute atomic E-state index is 0.00524. The van der Waals surface area contributed by atoms with Crippen molar-refractivity contribution in [1.82, 2.24) is 0 Å². The van der Waals surface area contributed by atoms with E-state index < -0.39 is 0 Å². The summed E-state index contributed by atoms with van der Waals surface area (Å²) in [6.45, 7) is 16.4. The summed E-state index contributed by atoms with van der Waals surface area (Å²) in [5, 5.41) is 0. The van der Waals surface area contributed by atoms with Gasteiger partial charge in [-0.25, -0.2) is 0 Å². The van der Waals surface area contributed by atoms with Crippen LogP contribution in [0.5, 0.6) is 0 Å². The summed E-state index contributed by atoms with van der Waals surface area (Å²) in [7, 11) is 0. The third-order valence-corrected chi connectivity index (χ3v) is 19.2. The molecule has 0 heterocycles. The maximum Gasteiger partial charge on any atom is 0.302 e. The van der Waals surface area contributed by atoms with Crippen LogP contribution in [0.3, 0.4) is 0 Å². The third kappa shape index (κ3) is 5.26. The highest BCUT2D eigenvalue weighted by atomic mass is 79.9. The van der Waals surface area contributed by atoms with Gasteiger partial charge in [0, 0.05) is 32.2 Å². The molecule has 0 aliphatic heterocycles. The largest absolute Gasteiger partial charge is 0.463 e. The summed E-state index contributed by atoms with van der Waals surface area (Å²) < 4.78 is 5.74. The van der Waals surface area contributed by atoms with E-state index >= 15 is 0 Å². The Kier molecular flexibility index (Phi) is 9.80. The highest BCUT2D eigenvalue weighted by molar-refractivity contribution is 9.12. The molecule has 2 nitrogen and oxygen atoms in total. The van der Waals surface area contributed by atoms with Crippen LogP contribution in [0.25, 0.3) is 0 Å². The maximum atomic E-state index is 11.7. The lowest BCUT2D eigenvalue weighted by atomic mass is 9.44. The topological polar surface area (TPSA) is 26.3 Å². The number of hydrogen-bond donors (Lipinski definition) is 0. The van der Waals surface area contributed by atoms with Crippen LogP contribution in [0, 0.1) is 52.3 Å². The number of carbonyl (C=O) groups excluding carboxylic acids is 1. The Morgan fingerprint density at radius 2 is 1.68 bits per heavy atom. The molecule has 0 spiro atoms. The third-order valence-electron chi connectivity index (χ3n) is 12.3. The van der Waals surface area contributed by atoms with E-state index in [0.717, 1.165) is 42.9 Å². The van der Waals surface area contributed by atoms with E-state index in [1.807, 2.05) is 0 Å². The summed E-state index contributed by atoms with van der Waals surface area (Å²) in [5.41, 5.74) is 0.666. The second-order valence-electron chi connectivity index (χ2n) is 14.1. The van der Waals surface area contributed by atoms with Crippen LogP contribution >= 0.6 is 63.7 Å². The first kappa shape index (κ1) is 31.3. The predicted molar refractivity (Wildman–Crippen MR) is 170 cm³/mol. The average molecular weight is 774 g/mol. The van der Waals surface area contributed by atoms with Crippen molar-refractivity contribution in [3.63, 3.8) is 0 Å². The molecule has 0 aromatic heterocycles. The summed E-state index contributed by atoms with van der Waals surface area (Å²) in [6, 6.07) is 0. The lowest BCUT2D eigenvalue weighted by Gasteiger charge is -2.66. The highest BCUT2D eigenvalue weighted by Gasteiger charge is 2.67. The van der Waals surface area contributed by atoms with Gasteiger partial charge in [0.05, 0.1) is 0 Å². The van der Waals surface area contributed by atoms with Crippen molar-refractivity contribution in [1.29, 1.82) is 0 Å². The van der Waals surface area contributed by atoms with Gasteiger partial charge in [0.1, 0.15) is 6.10 Å². The molecule has 0 aromatic rings. The molecule has 4 aliphatic carbocycles. The van der Waals surface area contributed by atoms with Gasteiger partial charge in [-0.2, -0.15) is 0 Å². The highest BCUT2D eigenvalue weighted by Crippen LogP contribution is 2.72. The fourth-order valence-corrected chi connectivity index (χ4v) is 14.6.